The number of terminal acetylenes is 1. The first kappa shape index (κ1) is 24.4. The van der Waals surface area contributed by atoms with Gasteiger partial charge in [0.25, 0.3) is 5.91 Å². The molecule has 0 aliphatic carbocycles. The van der Waals surface area contributed by atoms with Crippen LogP contribution in [0.3, 0.4) is 0 Å². The molecule has 2 heterocycles. The Bertz CT molecular complexity index is 1140. The number of amides is 1. The first-order valence-electron chi connectivity index (χ1n) is 9.88. The van der Waals surface area contributed by atoms with E-state index in [1.807, 2.05) is 0 Å². The lowest BCUT2D eigenvalue weighted by Gasteiger charge is -2.46. The number of rotatable bonds is 6. The lowest BCUT2D eigenvalue weighted by Crippen LogP contribution is -2.50. The molecular formula is C22H23F2N5O3S. The zero-order valence-electron chi connectivity index (χ0n) is 18.2. The maximum atomic E-state index is 15.0. The van der Waals surface area contributed by atoms with Crippen LogP contribution < -0.4 is 15.8 Å². The van der Waals surface area contributed by atoms with Gasteiger partial charge in [-0.15, -0.1) is 6.42 Å². The minimum Gasteiger partial charge on any atom is -0.463 e. The summed E-state index contributed by atoms with van der Waals surface area (Å²) in [6.07, 6.45) is 7.49. The van der Waals surface area contributed by atoms with E-state index in [0.29, 0.717) is 0 Å². The van der Waals surface area contributed by atoms with Gasteiger partial charge in [0.15, 0.2) is 23.4 Å². The molecule has 33 heavy (non-hydrogen) atoms. The summed E-state index contributed by atoms with van der Waals surface area (Å²) in [6, 6.07) is 2.16. The molecule has 1 aromatic carbocycles. The number of anilines is 1. The maximum absolute atomic E-state index is 15.0. The third-order valence-corrected chi connectivity index (χ3v) is 7.00. The van der Waals surface area contributed by atoms with Crippen LogP contribution in [0, 0.1) is 29.9 Å². The Hall–Kier alpha value is -3.23. The number of nitrogens with one attached hydrogen (secondary N) is 1. The molecule has 1 aliphatic rings. The molecule has 0 saturated heterocycles. The van der Waals surface area contributed by atoms with E-state index in [2.05, 4.69) is 26.2 Å². The Kier molecular flexibility index (Phi) is 6.90. The number of nitrogens with two attached hydrogens (primary N) is 1. The second-order valence-electron chi connectivity index (χ2n) is 7.90. The molecule has 0 unspecified atom stereocenters. The van der Waals surface area contributed by atoms with Crippen molar-refractivity contribution in [3.8, 4) is 18.2 Å². The van der Waals surface area contributed by atoms with E-state index in [0.717, 1.165) is 6.07 Å². The molecule has 3 atom stereocenters. The van der Waals surface area contributed by atoms with Gasteiger partial charge in [-0.1, -0.05) is 24.6 Å². The summed E-state index contributed by atoms with van der Waals surface area (Å²) >= 11 is 1.18. The zero-order valence-corrected chi connectivity index (χ0v) is 19.0. The van der Waals surface area contributed by atoms with Gasteiger partial charge in [0.1, 0.15) is 5.69 Å². The summed E-state index contributed by atoms with van der Waals surface area (Å²) in [5.74, 6) is -0.990. The van der Waals surface area contributed by atoms with Crippen molar-refractivity contribution in [1.82, 2.24) is 9.97 Å². The average molecular weight is 476 g/mol. The summed E-state index contributed by atoms with van der Waals surface area (Å²) in [7, 11) is 0. The average Bonchev–Trinajstić information content (AvgIpc) is 2.78. The number of amidine groups is 1. The summed E-state index contributed by atoms with van der Waals surface area (Å²) in [4.78, 5) is 24.8. The molecule has 3 rings (SSSR count). The van der Waals surface area contributed by atoms with Gasteiger partial charge >= 0.3 is 0 Å². The number of hydrogen-bond donors (Lipinski definition) is 3. The van der Waals surface area contributed by atoms with Crippen LogP contribution in [0.5, 0.6) is 5.88 Å². The number of halogens is 2. The van der Waals surface area contributed by atoms with Gasteiger partial charge < -0.3 is 20.9 Å². The number of aromatic nitrogens is 2. The van der Waals surface area contributed by atoms with Gasteiger partial charge in [-0.2, -0.15) is 0 Å². The van der Waals surface area contributed by atoms with Gasteiger partial charge in [0.2, 0.25) is 5.88 Å². The molecule has 2 aromatic rings. The quantitative estimate of drug-likeness (QED) is 0.549. The Labute approximate surface area is 194 Å². The number of ether oxygens (including phenoxy) is 1. The van der Waals surface area contributed by atoms with Crippen molar-refractivity contribution < 1.29 is 23.4 Å². The van der Waals surface area contributed by atoms with Crippen molar-refractivity contribution in [2.75, 3.05) is 18.5 Å². The standard InChI is InChI=1S/C22H23F2N5O3S/c1-5-6-32-17-10-26-16(9-27-17)19(31)28-13-7-14(18(24)15(23)8-13)22(4)12(2)21(3,11-30)33-20(25)29-22/h1,7-10,12,30H,6,11H2,2-4H3,(H2,25,29)(H,28,31)/t12-,21-,22+/m1/s1. The van der Waals surface area contributed by atoms with Crippen molar-refractivity contribution in [2.45, 2.75) is 31.1 Å². The topological polar surface area (TPSA) is 123 Å². The highest BCUT2D eigenvalue weighted by atomic mass is 32.2. The van der Waals surface area contributed by atoms with Gasteiger partial charge in [-0.05, 0) is 19.9 Å². The number of carbonyl (C=O) groups is 1. The fourth-order valence-electron chi connectivity index (χ4n) is 3.58. The third kappa shape index (κ3) is 4.77. The molecule has 0 fully saturated rings. The molecule has 1 aromatic heterocycles. The van der Waals surface area contributed by atoms with Crippen LogP contribution in [0.15, 0.2) is 29.5 Å². The van der Waals surface area contributed by atoms with Crippen LogP contribution in [0.1, 0.15) is 36.8 Å². The van der Waals surface area contributed by atoms with Gasteiger partial charge in [0, 0.05) is 28.0 Å². The molecule has 1 amide bonds. The van der Waals surface area contributed by atoms with Crippen molar-refractivity contribution in [1.29, 1.82) is 0 Å². The molecule has 0 saturated carbocycles. The fourth-order valence-corrected chi connectivity index (χ4v) is 4.77. The lowest BCUT2D eigenvalue weighted by molar-refractivity contribution is 0.102. The second kappa shape index (κ2) is 9.33. The van der Waals surface area contributed by atoms with E-state index in [1.54, 1.807) is 20.8 Å². The number of thioether (sulfide) groups is 1. The van der Waals surface area contributed by atoms with Crippen LogP contribution in [-0.2, 0) is 5.54 Å². The Morgan fingerprint density at radius 2 is 2.09 bits per heavy atom. The predicted molar refractivity (Wildman–Crippen MR) is 122 cm³/mol. The minimum atomic E-state index is -1.30. The molecule has 0 spiro atoms. The predicted octanol–water partition coefficient (Wildman–Crippen LogP) is 2.68. The lowest BCUT2D eigenvalue weighted by atomic mass is 9.74. The van der Waals surface area contributed by atoms with E-state index < -0.39 is 33.7 Å². The molecule has 8 nitrogen and oxygen atoms in total. The Morgan fingerprint density at radius 3 is 2.70 bits per heavy atom. The number of hydrogen-bond acceptors (Lipinski definition) is 8. The van der Waals surface area contributed by atoms with Crippen LogP contribution in [-0.4, -0.2) is 44.1 Å². The number of carbonyl (C=O) groups excluding carboxylic acids is 1. The van der Waals surface area contributed by atoms with E-state index in [-0.39, 0.29) is 41.2 Å². The molecule has 0 bridgehead atoms. The highest BCUT2D eigenvalue weighted by Gasteiger charge is 2.50. The smallest absolute Gasteiger partial charge is 0.275 e. The maximum Gasteiger partial charge on any atom is 0.275 e. The SMILES string of the molecule is C#CCOc1cnc(C(=O)Nc2cc(F)c(F)c([C@@]3(C)N=C(N)S[C@](C)(CO)[C@H]3C)c2)cn1. The van der Waals surface area contributed by atoms with Crippen LogP contribution in [0.2, 0.25) is 0 Å². The normalized spacial score (nSPS) is 24.5. The number of benzene rings is 1. The van der Waals surface area contributed by atoms with E-state index in [1.165, 1.54) is 30.2 Å². The summed E-state index contributed by atoms with van der Waals surface area (Å²) in [5, 5.41) is 12.6. The number of aliphatic hydroxyl groups is 1. The third-order valence-electron chi connectivity index (χ3n) is 5.75. The van der Waals surface area contributed by atoms with Crippen LogP contribution in [0.4, 0.5) is 14.5 Å². The number of aliphatic hydroxyl groups excluding tert-OH is 1. The zero-order chi connectivity index (χ0) is 24.4. The van der Waals surface area contributed by atoms with Crippen LogP contribution >= 0.6 is 11.8 Å². The largest absolute Gasteiger partial charge is 0.463 e. The Morgan fingerprint density at radius 1 is 1.36 bits per heavy atom. The highest BCUT2D eigenvalue weighted by Crippen LogP contribution is 2.50. The van der Waals surface area contributed by atoms with Crippen molar-refractivity contribution in [2.24, 2.45) is 16.6 Å². The molecule has 11 heteroatoms. The van der Waals surface area contributed by atoms with Crippen molar-refractivity contribution in [3.05, 3.63) is 47.4 Å². The molecule has 1 aliphatic heterocycles. The Balaban J connectivity index is 1.94. The number of nitrogens with zero attached hydrogens (tertiary/aromatic N) is 3. The monoisotopic (exact) mass is 475 g/mol. The highest BCUT2D eigenvalue weighted by molar-refractivity contribution is 8.15. The molecule has 0 radical (unpaired) electrons. The first-order chi connectivity index (χ1) is 15.5. The van der Waals surface area contributed by atoms with Crippen molar-refractivity contribution >= 4 is 28.5 Å². The molecule has 174 valence electrons. The van der Waals surface area contributed by atoms with E-state index >= 15 is 0 Å². The summed E-state index contributed by atoms with van der Waals surface area (Å²) in [6.45, 7) is 4.92. The van der Waals surface area contributed by atoms with Gasteiger partial charge in [-0.3, -0.25) is 9.79 Å². The summed E-state index contributed by atoms with van der Waals surface area (Å²) in [5.41, 5.74) is 4.49. The number of aliphatic imine (C=N–C) groups is 1. The first-order valence-corrected chi connectivity index (χ1v) is 10.7. The van der Waals surface area contributed by atoms with Crippen LogP contribution in [0.25, 0.3) is 0 Å². The fraction of sp³-hybridized carbons (Fsp3) is 0.364. The van der Waals surface area contributed by atoms with E-state index in [4.69, 9.17) is 16.9 Å². The summed E-state index contributed by atoms with van der Waals surface area (Å²) < 4.78 is 33.8. The minimum absolute atomic E-state index is 0.00409. The molecule has 4 N–H and O–H groups in total. The molecular weight excluding hydrogens is 452 g/mol. The second-order valence-corrected chi connectivity index (χ2v) is 9.45. The van der Waals surface area contributed by atoms with E-state index in [9.17, 15) is 18.7 Å². The van der Waals surface area contributed by atoms with Crippen molar-refractivity contribution in [3.63, 3.8) is 0 Å². The van der Waals surface area contributed by atoms with Gasteiger partial charge in [0.05, 0.1) is 24.5 Å². The van der Waals surface area contributed by atoms with Gasteiger partial charge in [-0.25, -0.2) is 18.7 Å².